The van der Waals surface area contributed by atoms with E-state index in [1.54, 1.807) is 6.08 Å². The molecule has 1 aliphatic carbocycles. The summed E-state index contributed by atoms with van der Waals surface area (Å²) >= 11 is 0. The molecule has 1 fully saturated rings. The molecule has 136 valence electrons. The number of rotatable bonds is 2. The second kappa shape index (κ2) is 11.4. The van der Waals surface area contributed by atoms with Gasteiger partial charge in [-0.2, -0.15) is 0 Å². The fourth-order valence-corrected chi connectivity index (χ4v) is 3.07. The molecule has 2 aliphatic rings. The summed E-state index contributed by atoms with van der Waals surface area (Å²) in [4.78, 5) is 6.96. The molecule has 0 unspecified atom stereocenters. The summed E-state index contributed by atoms with van der Waals surface area (Å²) in [6.45, 7) is 11.6. The molecule has 0 saturated carbocycles. The van der Waals surface area contributed by atoms with Crippen molar-refractivity contribution < 1.29 is 0 Å². The lowest BCUT2D eigenvalue weighted by molar-refractivity contribution is 0.434. The number of nitrogens with one attached hydrogen (secondary N) is 1. The molecule has 0 aromatic rings. The van der Waals surface area contributed by atoms with Crippen LogP contribution in [-0.4, -0.2) is 36.6 Å². The van der Waals surface area contributed by atoms with Crippen LogP contribution in [0.4, 0.5) is 0 Å². The first kappa shape index (κ1) is 20.9. The van der Waals surface area contributed by atoms with Crippen LogP contribution in [0.5, 0.6) is 0 Å². The number of aliphatic imine (C=N–C) groups is 1. The summed E-state index contributed by atoms with van der Waals surface area (Å²) in [7, 11) is 1.88. The van der Waals surface area contributed by atoms with Crippen molar-refractivity contribution in [1.29, 1.82) is 5.41 Å². The van der Waals surface area contributed by atoms with Crippen molar-refractivity contribution in [1.82, 2.24) is 4.90 Å². The molecule has 0 amide bonds. The molecule has 0 aromatic heterocycles. The summed E-state index contributed by atoms with van der Waals surface area (Å²) in [5, 5.41) is 7.87. The second-order valence-corrected chi connectivity index (χ2v) is 6.32. The third kappa shape index (κ3) is 6.69. The zero-order chi connectivity index (χ0) is 18.7. The highest BCUT2D eigenvalue weighted by Crippen LogP contribution is 2.18. The Labute approximate surface area is 153 Å². The van der Waals surface area contributed by atoms with Crippen LogP contribution in [0.3, 0.4) is 0 Å². The smallest absolute Gasteiger partial charge is 0.126 e. The van der Waals surface area contributed by atoms with Crippen LogP contribution >= 0.6 is 0 Å². The number of allylic oxidation sites excluding steroid dienone is 8. The van der Waals surface area contributed by atoms with Crippen molar-refractivity contribution >= 4 is 11.5 Å². The van der Waals surface area contributed by atoms with Crippen molar-refractivity contribution in [3.63, 3.8) is 0 Å². The van der Waals surface area contributed by atoms with Gasteiger partial charge in [-0.3, -0.25) is 4.99 Å². The van der Waals surface area contributed by atoms with Crippen LogP contribution in [-0.2, 0) is 0 Å². The van der Waals surface area contributed by atoms with E-state index in [4.69, 9.17) is 5.41 Å². The average Bonchev–Trinajstić information content (AvgIpc) is 2.87. The molecule has 0 atom stereocenters. The zero-order valence-corrected chi connectivity index (χ0v) is 16.3. The maximum Gasteiger partial charge on any atom is 0.126 e. The van der Waals surface area contributed by atoms with E-state index in [0.717, 1.165) is 30.1 Å². The molecule has 25 heavy (non-hydrogen) atoms. The van der Waals surface area contributed by atoms with E-state index in [2.05, 4.69) is 35.5 Å². The highest BCUT2D eigenvalue weighted by atomic mass is 15.2. The molecule has 1 N–H and O–H groups in total. The van der Waals surface area contributed by atoms with Crippen LogP contribution in [0.1, 0.15) is 46.5 Å². The van der Waals surface area contributed by atoms with Gasteiger partial charge in [-0.1, -0.05) is 31.1 Å². The van der Waals surface area contributed by atoms with Crippen molar-refractivity contribution in [2.24, 2.45) is 4.99 Å². The topological polar surface area (TPSA) is 39.5 Å². The molecule has 0 radical (unpaired) electrons. The highest BCUT2D eigenvalue weighted by Gasteiger charge is 2.15. The predicted molar refractivity (Wildman–Crippen MR) is 112 cm³/mol. The Kier molecular flexibility index (Phi) is 9.53. The van der Waals surface area contributed by atoms with E-state index < -0.39 is 0 Å². The fourth-order valence-electron chi connectivity index (χ4n) is 3.07. The monoisotopic (exact) mass is 339 g/mol. The third-order valence-corrected chi connectivity index (χ3v) is 4.24. The van der Waals surface area contributed by atoms with E-state index in [0.29, 0.717) is 5.71 Å². The molecule has 1 heterocycles. The first-order chi connectivity index (χ1) is 12.1. The lowest BCUT2D eigenvalue weighted by Gasteiger charge is -2.25. The van der Waals surface area contributed by atoms with Gasteiger partial charge in [-0.15, -0.1) is 6.58 Å². The Morgan fingerprint density at radius 2 is 1.76 bits per heavy atom. The van der Waals surface area contributed by atoms with E-state index in [1.165, 1.54) is 31.3 Å². The third-order valence-electron chi connectivity index (χ3n) is 4.24. The fraction of sp³-hybridized carbons (Fsp3) is 0.455. The number of hydrogen-bond acceptors (Lipinski definition) is 2. The molecule has 1 aliphatic heterocycles. The molecule has 3 nitrogen and oxygen atoms in total. The summed E-state index contributed by atoms with van der Waals surface area (Å²) in [5.41, 5.74) is 3.89. The van der Waals surface area contributed by atoms with Crippen molar-refractivity contribution in [2.45, 2.75) is 46.5 Å². The van der Waals surface area contributed by atoms with Gasteiger partial charge in [0, 0.05) is 20.1 Å². The van der Waals surface area contributed by atoms with Crippen LogP contribution < -0.4 is 0 Å². The summed E-state index contributed by atoms with van der Waals surface area (Å²) in [6, 6.07) is 0. The molecule has 1 saturated heterocycles. The minimum atomic E-state index is 0.578. The SMILES string of the molecule is C/C=C1C=C(/C=C(\C)C(=NC)N2CCCCCC2)C=CC/1=N.C=CC. The van der Waals surface area contributed by atoms with Crippen molar-refractivity contribution in [3.05, 3.63) is 59.8 Å². The lowest BCUT2D eigenvalue weighted by atomic mass is 9.98. The molecule has 3 heteroatoms. The van der Waals surface area contributed by atoms with E-state index >= 15 is 0 Å². The van der Waals surface area contributed by atoms with Crippen LogP contribution in [0.25, 0.3) is 0 Å². The van der Waals surface area contributed by atoms with Gasteiger partial charge in [-0.05, 0) is 68.6 Å². The van der Waals surface area contributed by atoms with E-state index in [-0.39, 0.29) is 0 Å². The Morgan fingerprint density at radius 1 is 1.16 bits per heavy atom. The maximum absolute atomic E-state index is 7.87. The molecular formula is C22H33N3. The maximum atomic E-state index is 7.87. The standard InChI is InChI=1S/C19H27N3.C3H6/c1-4-17-14-16(9-10-18(17)20)13-15(2)19(21-3)22-11-7-5-6-8-12-22;1-3-2/h4,9-10,13-14,20H,5-8,11-12H2,1-3H3;3H,1H2,2H3/b15-13+,17-4-,20-18?,21-19?;. The summed E-state index contributed by atoms with van der Waals surface area (Å²) < 4.78 is 0. The molecule has 0 spiro atoms. The molecule has 0 aromatic carbocycles. The van der Waals surface area contributed by atoms with Crippen molar-refractivity contribution in [3.8, 4) is 0 Å². The number of hydrogen-bond donors (Lipinski definition) is 1. The molecule has 0 bridgehead atoms. The molecular weight excluding hydrogens is 306 g/mol. The Hall–Kier alpha value is -2.16. The van der Waals surface area contributed by atoms with Gasteiger partial charge in [0.25, 0.3) is 0 Å². The first-order valence-corrected chi connectivity index (χ1v) is 9.19. The van der Waals surface area contributed by atoms with Gasteiger partial charge < -0.3 is 10.3 Å². The quantitative estimate of drug-likeness (QED) is 0.403. The predicted octanol–water partition coefficient (Wildman–Crippen LogP) is 5.49. The Balaban J connectivity index is 0.000000970. The number of likely N-dealkylation sites (tertiary alicyclic amines) is 1. The van der Waals surface area contributed by atoms with Gasteiger partial charge in [0.15, 0.2) is 0 Å². The first-order valence-electron chi connectivity index (χ1n) is 9.19. The second-order valence-electron chi connectivity index (χ2n) is 6.32. The van der Waals surface area contributed by atoms with Crippen molar-refractivity contribution in [2.75, 3.05) is 20.1 Å². The van der Waals surface area contributed by atoms with Crippen LogP contribution in [0.2, 0.25) is 0 Å². The zero-order valence-electron chi connectivity index (χ0n) is 16.3. The summed E-state index contributed by atoms with van der Waals surface area (Å²) in [6.07, 6.45) is 17.0. The lowest BCUT2D eigenvalue weighted by Crippen LogP contribution is -2.32. The van der Waals surface area contributed by atoms with Gasteiger partial charge in [0.1, 0.15) is 5.84 Å². The van der Waals surface area contributed by atoms with Crippen LogP contribution in [0.15, 0.2) is 64.7 Å². The minimum absolute atomic E-state index is 0.578. The normalized spacial score (nSPS) is 20.6. The Morgan fingerprint density at radius 3 is 2.28 bits per heavy atom. The van der Waals surface area contributed by atoms with Gasteiger partial charge in [0.2, 0.25) is 0 Å². The summed E-state index contributed by atoms with van der Waals surface area (Å²) in [5.74, 6) is 1.11. The molecule has 2 rings (SSSR count). The minimum Gasteiger partial charge on any atom is -0.357 e. The number of amidine groups is 1. The van der Waals surface area contributed by atoms with E-state index in [1.807, 2.05) is 39.1 Å². The van der Waals surface area contributed by atoms with E-state index in [9.17, 15) is 0 Å². The van der Waals surface area contributed by atoms with Gasteiger partial charge >= 0.3 is 0 Å². The average molecular weight is 340 g/mol. The largest absolute Gasteiger partial charge is 0.357 e. The number of nitrogens with zero attached hydrogens (tertiary/aromatic N) is 2. The van der Waals surface area contributed by atoms with Gasteiger partial charge in [-0.25, -0.2) is 0 Å². The Bertz CT molecular complexity index is 607. The van der Waals surface area contributed by atoms with Crippen LogP contribution in [0, 0.1) is 5.41 Å². The van der Waals surface area contributed by atoms with Gasteiger partial charge in [0.05, 0.1) is 5.71 Å². The highest BCUT2D eigenvalue weighted by molar-refractivity contribution is 6.10.